The van der Waals surface area contributed by atoms with Gasteiger partial charge in [0, 0.05) is 38.9 Å². The van der Waals surface area contributed by atoms with Gasteiger partial charge in [-0.05, 0) is 121 Å². The lowest BCUT2D eigenvalue weighted by Gasteiger charge is -2.27. The first kappa shape index (κ1) is 25.9. The molecule has 0 amide bonds. The van der Waals surface area contributed by atoms with Gasteiger partial charge in [-0.1, -0.05) is 97.0 Å². The normalized spacial score (nSPS) is 13.4. The SMILES string of the molecule is [2H]/C(=C(/[2H])c1ccc2c(c1)c(C)c(C)n2C(C)(C)C)c1ccc(N(c2ccccc2)c2ccc3ccc4cccc5ccc2c3c45)cc1. The van der Waals surface area contributed by atoms with E-state index in [-0.39, 0.29) is 17.6 Å². The Balaban J connectivity index is 1.22. The van der Waals surface area contributed by atoms with Crippen molar-refractivity contribution in [3.63, 3.8) is 0 Å². The first-order valence-corrected chi connectivity index (χ1v) is 16.0. The van der Waals surface area contributed by atoms with Crippen molar-refractivity contribution in [3.8, 4) is 0 Å². The number of nitrogens with zero attached hydrogens (tertiary/aromatic N) is 2. The third-order valence-corrected chi connectivity index (χ3v) is 9.43. The molecule has 0 radical (unpaired) electrons. The molecule has 224 valence electrons. The fourth-order valence-electron chi connectivity index (χ4n) is 7.27. The molecule has 8 rings (SSSR count). The highest BCUT2D eigenvalue weighted by atomic mass is 15.1. The Morgan fingerprint density at radius 2 is 1.20 bits per heavy atom. The summed E-state index contributed by atoms with van der Waals surface area (Å²) in [5, 5.41) is 8.62. The highest BCUT2D eigenvalue weighted by molar-refractivity contribution is 6.25. The highest BCUT2D eigenvalue weighted by Crippen LogP contribution is 2.43. The minimum absolute atomic E-state index is 0.0503. The molecule has 0 bridgehead atoms. The minimum Gasteiger partial charge on any atom is -0.339 e. The molecule has 0 N–H and O–H groups in total. The molecule has 46 heavy (non-hydrogen) atoms. The standard InChI is InChI=1S/C44H38N2/c1-29-30(2)46(44(3,4)5)41-26-18-32(28-39(29)41)15-14-31-16-23-37(24-17-31)45(36-12-7-6-8-13-36)40-27-22-35-20-19-33-10-9-11-34-21-25-38(40)43(35)42(33)34/h6-28H,1-5H3/b15-14+/i14D,15D. The fourth-order valence-corrected chi connectivity index (χ4v) is 7.27. The van der Waals surface area contributed by atoms with Crippen molar-refractivity contribution in [3.05, 3.63) is 150 Å². The smallest absolute Gasteiger partial charge is 0.0629 e. The third kappa shape index (κ3) is 4.56. The zero-order valence-electron chi connectivity index (χ0n) is 29.0. The second-order valence-electron chi connectivity index (χ2n) is 13.4. The van der Waals surface area contributed by atoms with Crippen LogP contribution in [0.4, 0.5) is 17.1 Å². The van der Waals surface area contributed by atoms with Crippen molar-refractivity contribution in [2.45, 2.75) is 40.2 Å². The quantitative estimate of drug-likeness (QED) is 0.142. The number of para-hydroxylation sites is 1. The van der Waals surface area contributed by atoms with Gasteiger partial charge in [-0.2, -0.15) is 0 Å². The van der Waals surface area contributed by atoms with Crippen LogP contribution in [-0.4, -0.2) is 4.57 Å². The van der Waals surface area contributed by atoms with Crippen molar-refractivity contribution in [2.24, 2.45) is 0 Å². The summed E-state index contributed by atoms with van der Waals surface area (Å²) >= 11 is 0. The van der Waals surface area contributed by atoms with E-state index in [1.54, 1.807) is 0 Å². The van der Waals surface area contributed by atoms with Gasteiger partial charge in [0.2, 0.25) is 0 Å². The van der Waals surface area contributed by atoms with E-state index in [1.165, 1.54) is 43.6 Å². The summed E-state index contributed by atoms with van der Waals surface area (Å²) in [5.41, 5.74) is 8.20. The molecular formula is C44H38N2. The molecule has 0 saturated heterocycles. The van der Waals surface area contributed by atoms with Gasteiger partial charge in [-0.3, -0.25) is 0 Å². The van der Waals surface area contributed by atoms with E-state index in [4.69, 9.17) is 2.74 Å². The number of rotatable bonds is 5. The first-order chi connectivity index (χ1) is 23.1. The van der Waals surface area contributed by atoms with Gasteiger partial charge in [-0.25, -0.2) is 0 Å². The molecule has 7 aromatic carbocycles. The Hall–Kier alpha value is -5.34. The molecule has 0 aliphatic carbocycles. The van der Waals surface area contributed by atoms with Crippen LogP contribution in [0, 0.1) is 13.8 Å². The van der Waals surface area contributed by atoms with Crippen molar-refractivity contribution < 1.29 is 2.74 Å². The number of benzene rings is 7. The lowest BCUT2D eigenvalue weighted by atomic mass is 9.93. The molecule has 0 fully saturated rings. The Morgan fingerprint density at radius 1 is 0.587 bits per heavy atom. The molecule has 0 spiro atoms. The summed E-state index contributed by atoms with van der Waals surface area (Å²) in [6, 6.07) is 45.0. The van der Waals surface area contributed by atoms with Gasteiger partial charge in [0.05, 0.1) is 8.43 Å². The average molecular weight is 597 g/mol. The minimum atomic E-state index is -0.0503. The zero-order chi connectivity index (χ0) is 33.3. The van der Waals surface area contributed by atoms with Crippen LogP contribution in [0.1, 0.15) is 45.9 Å². The van der Waals surface area contributed by atoms with E-state index in [0.717, 1.165) is 33.5 Å². The van der Waals surface area contributed by atoms with Crippen LogP contribution in [0.5, 0.6) is 0 Å². The Kier molecular flexibility index (Phi) is 6.00. The molecule has 0 aliphatic heterocycles. The van der Waals surface area contributed by atoms with Crippen molar-refractivity contribution in [2.75, 3.05) is 4.90 Å². The van der Waals surface area contributed by atoms with Gasteiger partial charge in [-0.15, -0.1) is 0 Å². The van der Waals surface area contributed by atoms with Crippen LogP contribution < -0.4 is 4.90 Å². The fraction of sp³-hybridized carbons (Fsp3) is 0.136. The second-order valence-corrected chi connectivity index (χ2v) is 13.4. The second kappa shape index (κ2) is 10.6. The number of hydrogen-bond acceptors (Lipinski definition) is 1. The summed E-state index contributed by atoms with van der Waals surface area (Å²) < 4.78 is 20.5. The Labute approximate surface area is 274 Å². The third-order valence-electron chi connectivity index (χ3n) is 9.43. The van der Waals surface area contributed by atoms with Crippen LogP contribution >= 0.6 is 0 Å². The molecule has 1 aromatic heterocycles. The summed E-state index contributed by atoms with van der Waals surface area (Å²) in [5.74, 6) is 0. The molecule has 8 aromatic rings. The predicted molar refractivity (Wildman–Crippen MR) is 200 cm³/mol. The molecule has 2 nitrogen and oxygen atoms in total. The summed E-state index contributed by atoms with van der Waals surface area (Å²) in [4.78, 5) is 2.30. The van der Waals surface area contributed by atoms with Crippen LogP contribution in [0.25, 0.3) is 55.3 Å². The van der Waals surface area contributed by atoms with E-state index in [1.807, 2.05) is 24.3 Å². The molecule has 0 saturated carbocycles. The number of aromatic nitrogens is 1. The first-order valence-electron chi connectivity index (χ1n) is 17.0. The lowest BCUT2D eigenvalue weighted by molar-refractivity contribution is 0.402. The van der Waals surface area contributed by atoms with Gasteiger partial charge >= 0.3 is 0 Å². The van der Waals surface area contributed by atoms with Crippen molar-refractivity contribution >= 4 is 72.4 Å². The van der Waals surface area contributed by atoms with Gasteiger partial charge < -0.3 is 9.47 Å². The number of aryl methyl sites for hydroxylation is 1. The van der Waals surface area contributed by atoms with Gasteiger partial charge in [0.1, 0.15) is 0 Å². The van der Waals surface area contributed by atoms with Crippen LogP contribution in [-0.2, 0) is 5.54 Å². The van der Waals surface area contributed by atoms with E-state index in [9.17, 15) is 0 Å². The van der Waals surface area contributed by atoms with Crippen LogP contribution in [0.2, 0.25) is 0 Å². The Bertz CT molecular complexity index is 2500. The zero-order valence-corrected chi connectivity index (χ0v) is 27.0. The van der Waals surface area contributed by atoms with Crippen LogP contribution in [0.15, 0.2) is 127 Å². The summed E-state index contributed by atoms with van der Waals surface area (Å²) in [6.07, 6.45) is 0. The predicted octanol–water partition coefficient (Wildman–Crippen LogP) is 12.6. The van der Waals surface area contributed by atoms with E-state index in [0.29, 0.717) is 5.56 Å². The van der Waals surface area contributed by atoms with Crippen molar-refractivity contribution in [1.29, 1.82) is 0 Å². The highest BCUT2D eigenvalue weighted by Gasteiger charge is 2.21. The Morgan fingerprint density at radius 3 is 1.91 bits per heavy atom. The molecule has 0 unspecified atom stereocenters. The van der Waals surface area contributed by atoms with E-state index < -0.39 is 0 Å². The number of fused-ring (bicyclic) bond motifs is 1. The maximum Gasteiger partial charge on any atom is 0.0629 e. The molecule has 2 heteroatoms. The van der Waals surface area contributed by atoms with Crippen LogP contribution in [0.3, 0.4) is 0 Å². The summed E-state index contributed by atoms with van der Waals surface area (Å²) in [6.45, 7) is 11.0. The number of hydrogen-bond donors (Lipinski definition) is 0. The largest absolute Gasteiger partial charge is 0.339 e. The van der Waals surface area contributed by atoms with Crippen molar-refractivity contribution in [1.82, 2.24) is 4.57 Å². The monoisotopic (exact) mass is 596 g/mol. The molecule has 0 atom stereocenters. The maximum absolute atomic E-state index is 9.07. The molecule has 1 heterocycles. The summed E-state index contributed by atoms with van der Waals surface area (Å²) in [7, 11) is 0. The topological polar surface area (TPSA) is 8.17 Å². The number of anilines is 3. The average Bonchev–Trinajstić information content (AvgIpc) is 3.36. The van der Waals surface area contributed by atoms with E-state index >= 15 is 0 Å². The molecular weight excluding hydrogens is 556 g/mol. The van der Waals surface area contributed by atoms with Gasteiger partial charge in [0.15, 0.2) is 0 Å². The van der Waals surface area contributed by atoms with E-state index in [2.05, 4.69) is 147 Å². The maximum atomic E-state index is 9.07. The van der Waals surface area contributed by atoms with Gasteiger partial charge in [0.25, 0.3) is 0 Å². The molecule has 0 aliphatic rings. The lowest BCUT2D eigenvalue weighted by Crippen LogP contribution is -2.22.